The Morgan fingerprint density at radius 3 is 2.22 bits per heavy atom. The molecule has 0 aliphatic carbocycles. The lowest BCUT2D eigenvalue weighted by atomic mass is 10.1. The molecular weight excluding hydrogens is 540 g/mol. The van der Waals surface area contributed by atoms with E-state index in [0.29, 0.717) is 25.4 Å². The van der Waals surface area contributed by atoms with Gasteiger partial charge < -0.3 is 29.0 Å². The molecule has 1 aliphatic heterocycles. The van der Waals surface area contributed by atoms with Crippen LogP contribution in [0.4, 0.5) is 4.79 Å². The van der Waals surface area contributed by atoms with E-state index in [4.69, 9.17) is 18.9 Å². The number of benzene rings is 3. The van der Waals surface area contributed by atoms with Crippen LogP contribution in [0, 0.1) is 0 Å². The molecule has 0 radical (unpaired) electrons. The lowest BCUT2D eigenvalue weighted by Crippen LogP contribution is -2.50. The monoisotopic (exact) mass is 576 g/mol. The predicted molar refractivity (Wildman–Crippen MR) is 162 cm³/mol. The van der Waals surface area contributed by atoms with Crippen LogP contribution in [0.1, 0.15) is 20.8 Å². The topological polar surface area (TPSA) is 80.7 Å². The minimum Gasteiger partial charge on any atom is -0.508 e. The molecule has 1 aromatic heterocycles. The number of piperazine rings is 1. The number of carbonyl (C=O) groups excluding carboxylic acids is 1. The first-order chi connectivity index (χ1) is 19.7. The number of phenolic OH excluding ortho intramolecular Hbond substituents is 1. The maximum atomic E-state index is 12.3. The molecular formula is C32H36N2O6S. The second kappa shape index (κ2) is 12.3. The highest BCUT2D eigenvalue weighted by Crippen LogP contribution is 2.47. The van der Waals surface area contributed by atoms with Gasteiger partial charge in [-0.25, -0.2) is 4.79 Å². The Hall–Kier alpha value is -3.95. The summed E-state index contributed by atoms with van der Waals surface area (Å²) in [6.45, 7) is 9.85. The molecule has 1 saturated heterocycles. The molecule has 0 bridgehead atoms. The van der Waals surface area contributed by atoms with E-state index in [0.717, 1.165) is 57.4 Å². The Morgan fingerprint density at radius 1 is 0.902 bits per heavy atom. The number of nitrogens with zero attached hydrogens (tertiary/aromatic N) is 2. The maximum Gasteiger partial charge on any atom is 0.410 e. The van der Waals surface area contributed by atoms with Crippen LogP contribution in [0.5, 0.6) is 28.7 Å². The van der Waals surface area contributed by atoms with Crippen LogP contribution in [-0.2, 0) is 4.74 Å². The number of rotatable bonds is 8. The molecule has 0 atom stereocenters. The summed E-state index contributed by atoms with van der Waals surface area (Å²) in [5.74, 6) is 3.21. The van der Waals surface area contributed by atoms with Crippen LogP contribution in [-0.4, -0.2) is 73.0 Å². The third kappa shape index (κ3) is 7.23. The summed E-state index contributed by atoms with van der Waals surface area (Å²) in [7, 11) is 1.65. The molecule has 41 heavy (non-hydrogen) atoms. The van der Waals surface area contributed by atoms with Crippen molar-refractivity contribution >= 4 is 27.5 Å². The van der Waals surface area contributed by atoms with Crippen LogP contribution in [0.3, 0.4) is 0 Å². The zero-order chi connectivity index (χ0) is 29.0. The van der Waals surface area contributed by atoms with Crippen molar-refractivity contribution in [2.75, 3.05) is 46.4 Å². The van der Waals surface area contributed by atoms with Gasteiger partial charge in [-0.05, 0) is 93.1 Å². The Balaban J connectivity index is 1.18. The maximum absolute atomic E-state index is 12.3. The second-order valence-electron chi connectivity index (χ2n) is 10.9. The number of carbonyl (C=O) groups is 1. The number of ether oxygens (including phenoxy) is 4. The average molecular weight is 577 g/mol. The van der Waals surface area contributed by atoms with Crippen molar-refractivity contribution in [3.05, 3.63) is 66.7 Å². The highest BCUT2D eigenvalue weighted by molar-refractivity contribution is 7.22. The molecule has 2 heterocycles. The van der Waals surface area contributed by atoms with E-state index in [1.807, 2.05) is 75.4 Å². The van der Waals surface area contributed by atoms with Crippen LogP contribution in [0.2, 0.25) is 0 Å². The summed E-state index contributed by atoms with van der Waals surface area (Å²) >= 11 is 1.57. The van der Waals surface area contributed by atoms with E-state index in [1.165, 1.54) is 0 Å². The number of amides is 1. The van der Waals surface area contributed by atoms with Crippen molar-refractivity contribution in [1.29, 1.82) is 0 Å². The number of aromatic hydroxyl groups is 1. The van der Waals surface area contributed by atoms with E-state index >= 15 is 0 Å². The van der Waals surface area contributed by atoms with Crippen LogP contribution in [0.15, 0.2) is 66.7 Å². The molecule has 4 aromatic rings. The Kier molecular flexibility index (Phi) is 8.56. The quantitative estimate of drug-likeness (QED) is 0.242. The average Bonchev–Trinajstić information content (AvgIpc) is 3.30. The Labute approximate surface area is 244 Å². The van der Waals surface area contributed by atoms with Gasteiger partial charge in [0.2, 0.25) is 0 Å². The summed E-state index contributed by atoms with van der Waals surface area (Å²) in [4.78, 5) is 17.3. The summed E-state index contributed by atoms with van der Waals surface area (Å²) in [5.41, 5.74) is 0.525. The van der Waals surface area contributed by atoms with Crippen molar-refractivity contribution in [3.8, 4) is 39.2 Å². The molecule has 0 unspecified atom stereocenters. The third-order valence-corrected chi connectivity index (χ3v) is 7.91. The smallest absolute Gasteiger partial charge is 0.410 e. The van der Waals surface area contributed by atoms with Crippen molar-refractivity contribution < 1.29 is 28.8 Å². The zero-order valence-corrected chi connectivity index (χ0v) is 24.7. The standard InChI is InChI=1S/C32H36N2O6S/c1-32(2,3)40-31(36)34-17-15-33(16-18-34)19-20-38-25-10-12-26(13-11-25)39-29-27-14-7-23(35)21-28(27)41-30(29)22-5-8-24(37-4)9-6-22/h5-14,21,35H,15-20H2,1-4H3. The van der Waals surface area contributed by atoms with Crippen LogP contribution < -0.4 is 14.2 Å². The van der Waals surface area contributed by atoms with E-state index in [-0.39, 0.29) is 11.8 Å². The fourth-order valence-electron chi connectivity index (χ4n) is 4.59. The minimum atomic E-state index is -0.483. The van der Waals surface area contributed by atoms with E-state index in [2.05, 4.69) is 4.90 Å². The molecule has 3 aromatic carbocycles. The van der Waals surface area contributed by atoms with Gasteiger partial charge >= 0.3 is 6.09 Å². The first-order valence-electron chi connectivity index (χ1n) is 13.7. The Morgan fingerprint density at radius 2 is 1.56 bits per heavy atom. The van der Waals surface area contributed by atoms with Crippen LogP contribution >= 0.6 is 11.3 Å². The lowest BCUT2D eigenvalue weighted by Gasteiger charge is -2.35. The second-order valence-corrected chi connectivity index (χ2v) is 12.0. The number of thiophene rings is 1. The number of methoxy groups -OCH3 is 1. The number of fused-ring (bicyclic) bond motifs is 1. The van der Waals surface area contributed by atoms with E-state index in [1.54, 1.807) is 35.5 Å². The van der Waals surface area contributed by atoms with Crippen molar-refractivity contribution in [1.82, 2.24) is 9.80 Å². The SMILES string of the molecule is COc1ccc(-c2sc3cc(O)ccc3c2Oc2ccc(OCCN3CCN(C(=O)OC(C)(C)C)CC3)cc2)cc1. The molecule has 1 amide bonds. The first kappa shape index (κ1) is 28.6. The summed E-state index contributed by atoms with van der Waals surface area (Å²) in [6.07, 6.45) is -0.250. The van der Waals surface area contributed by atoms with Gasteiger partial charge in [0.1, 0.15) is 35.2 Å². The number of hydrogen-bond donors (Lipinski definition) is 1. The largest absolute Gasteiger partial charge is 0.508 e. The van der Waals surface area contributed by atoms with Gasteiger partial charge in [-0.2, -0.15) is 0 Å². The van der Waals surface area contributed by atoms with Gasteiger partial charge in [-0.3, -0.25) is 4.90 Å². The van der Waals surface area contributed by atoms with Crippen molar-refractivity contribution in [2.45, 2.75) is 26.4 Å². The predicted octanol–water partition coefficient (Wildman–Crippen LogP) is 7.01. The van der Waals surface area contributed by atoms with Gasteiger partial charge in [-0.1, -0.05) is 0 Å². The molecule has 1 aliphatic rings. The number of phenols is 1. The zero-order valence-electron chi connectivity index (χ0n) is 23.9. The summed E-state index contributed by atoms with van der Waals surface area (Å²) in [5, 5.41) is 11.0. The molecule has 1 fully saturated rings. The molecule has 0 saturated carbocycles. The van der Waals surface area contributed by atoms with Crippen molar-refractivity contribution in [3.63, 3.8) is 0 Å². The van der Waals surface area contributed by atoms with Gasteiger partial charge in [0.05, 0.1) is 12.0 Å². The normalized spacial score (nSPS) is 14.2. The van der Waals surface area contributed by atoms with Gasteiger partial charge in [0.25, 0.3) is 0 Å². The summed E-state index contributed by atoms with van der Waals surface area (Å²) in [6, 6.07) is 20.8. The first-order valence-corrected chi connectivity index (χ1v) is 14.5. The Bertz CT molecular complexity index is 1470. The summed E-state index contributed by atoms with van der Waals surface area (Å²) < 4.78 is 24.1. The third-order valence-electron chi connectivity index (χ3n) is 6.72. The van der Waals surface area contributed by atoms with Gasteiger partial charge in [-0.15, -0.1) is 11.3 Å². The highest BCUT2D eigenvalue weighted by Gasteiger charge is 2.25. The highest BCUT2D eigenvalue weighted by atomic mass is 32.1. The minimum absolute atomic E-state index is 0.220. The molecule has 216 valence electrons. The van der Waals surface area contributed by atoms with E-state index < -0.39 is 5.60 Å². The van der Waals surface area contributed by atoms with Gasteiger partial charge in [0.15, 0.2) is 5.75 Å². The molecule has 9 heteroatoms. The molecule has 1 N–H and O–H groups in total. The molecule has 8 nitrogen and oxygen atoms in total. The fraction of sp³-hybridized carbons (Fsp3) is 0.344. The molecule has 5 rings (SSSR count). The fourth-order valence-corrected chi connectivity index (χ4v) is 5.76. The number of hydrogen-bond acceptors (Lipinski definition) is 8. The van der Waals surface area contributed by atoms with Crippen molar-refractivity contribution in [2.24, 2.45) is 0 Å². The lowest BCUT2D eigenvalue weighted by molar-refractivity contribution is 0.0137. The van der Waals surface area contributed by atoms with E-state index in [9.17, 15) is 9.90 Å². The van der Waals surface area contributed by atoms with Gasteiger partial charge in [0, 0.05) is 42.8 Å². The van der Waals surface area contributed by atoms with Crippen LogP contribution in [0.25, 0.3) is 20.5 Å². The molecule has 0 spiro atoms.